The van der Waals surface area contributed by atoms with Crippen molar-refractivity contribution in [3.05, 3.63) is 58.1 Å². The number of sulfonamides is 1. The van der Waals surface area contributed by atoms with Crippen LogP contribution in [-0.4, -0.2) is 13.3 Å². The Labute approximate surface area is 121 Å². The van der Waals surface area contributed by atoms with Crippen LogP contribution in [0.1, 0.15) is 5.56 Å². The van der Waals surface area contributed by atoms with Crippen LogP contribution in [0, 0.1) is 17.0 Å². The molecule has 0 aliphatic rings. The standard InChI is InChI=1S/C13H13N3O4S/c1-9-8-10(2-7-13(9)14)15-21(19,20)12-5-3-11(4-6-12)16(17)18/h2-8,15H,14H2,1H3. The first-order valence-electron chi connectivity index (χ1n) is 5.93. The molecule has 0 aliphatic heterocycles. The van der Waals surface area contributed by atoms with Crippen LogP contribution in [0.3, 0.4) is 0 Å². The minimum absolute atomic E-state index is 0.0532. The van der Waals surface area contributed by atoms with Gasteiger partial charge in [-0.2, -0.15) is 0 Å². The zero-order valence-electron chi connectivity index (χ0n) is 11.1. The van der Waals surface area contributed by atoms with Gasteiger partial charge in [-0.25, -0.2) is 8.42 Å². The van der Waals surface area contributed by atoms with Crippen molar-refractivity contribution in [2.75, 3.05) is 10.5 Å². The number of anilines is 2. The molecule has 110 valence electrons. The molecular formula is C13H13N3O4S. The predicted molar refractivity (Wildman–Crippen MR) is 79.5 cm³/mol. The van der Waals surface area contributed by atoms with Gasteiger partial charge in [0.1, 0.15) is 0 Å². The second-order valence-corrected chi connectivity index (χ2v) is 6.11. The van der Waals surface area contributed by atoms with Crippen LogP contribution in [0.2, 0.25) is 0 Å². The van der Waals surface area contributed by atoms with Crippen LogP contribution >= 0.6 is 0 Å². The second-order valence-electron chi connectivity index (χ2n) is 4.43. The molecule has 0 atom stereocenters. The van der Waals surface area contributed by atoms with Crippen LogP contribution < -0.4 is 10.5 Å². The van der Waals surface area contributed by atoms with Crippen molar-refractivity contribution < 1.29 is 13.3 Å². The Bertz CT molecular complexity index is 786. The van der Waals surface area contributed by atoms with Gasteiger partial charge in [-0.1, -0.05) is 0 Å². The molecule has 0 saturated carbocycles. The topological polar surface area (TPSA) is 115 Å². The Kier molecular flexibility index (Phi) is 3.81. The molecule has 0 fully saturated rings. The van der Waals surface area contributed by atoms with E-state index in [1.54, 1.807) is 25.1 Å². The number of nitrogens with zero attached hydrogens (tertiary/aromatic N) is 1. The SMILES string of the molecule is Cc1cc(NS(=O)(=O)c2ccc([N+](=O)[O-])cc2)ccc1N. The van der Waals surface area contributed by atoms with Crippen LogP contribution in [0.4, 0.5) is 17.1 Å². The summed E-state index contributed by atoms with van der Waals surface area (Å²) in [6, 6.07) is 9.41. The Morgan fingerprint density at radius 2 is 1.76 bits per heavy atom. The van der Waals surface area contributed by atoms with Crippen LogP contribution in [0.15, 0.2) is 47.4 Å². The van der Waals surface area contributed by atoms with E-state index in [1.807, 2.05) is 0 Å². The molecule has 0 aromatic heterocycles. The molecular weight excluding hydrogens is 294 g/mol. The van der Waals surface area contributed by atoms with Gasteiger partial charge in [0.15, 0.2) is 0 Å². The Morgan fingerprint density at radius 1 is 1.14 bits per heavy atom. The molecule has 0 bridgehead atoms. The third-order valence-electron chi connectivity index (χ3n) is 2.88. The number of hydrogen-bond acceptors (Lipinski definition) is 5. The molecule has 8 heteroatoms. The first kappa shape index (κ1) is 14.8. The molecule has 2 aromatic carbocycles. The molecule has 0 heterocycles. The number of rotatable bonds is 4. The largest absolute Gasteiger partial charge is 0.399 e. The fraction of sp³-hybridized carbons (Fsp3) is 0.0769. The summed E-state index contributed by atoms with van der Waals surface area (Å²) in [6.45, 7) is 1.76. The van der Waals surface area contributed by atoms with Gasteiger partial charge < -0.3 is 5.73 Å². The van der Waals surface area contributed by atoms with Crippen molar-refractivity contribution in [3.63, 3.8) is 0 Å². The highest BCUT2D eigenvalue weighted by Gasteiger charge is 2.16. The predicted octanol–water partition coefficient (Wildman–Crippen LogP) is 2.29. The summed E-state index contributed by atoms with van der Waals surface area (Å²) >= 11 is 0. The quantitative estimate of drug-likeness (QED) is 0.511. The van der Waals surface area contributed by atoms with Gasteiger partial charge in [-0.05, 0) is 42.8 Å². The molecule has 0 radical (unpaired) electrons. The molecule has 0 amide bonds. The van der Waals surface area contributed by atoms with Crippen molar-refractivity contribution in [1.29, 1.82) is 0 Å². The zero-order chi connectivity index (χ0) is 15.6. The number of nitro benzene ring substituents is 1. The monoisotopic (exact) mass is 307 g/mol. The van der Waals surface area contributed by atoms with Crippen LogP contribution in [-0.2, 0) is 10.0 Å². The second kappa shape index (κ2) is 5.41. The van der Waals surface area contributed by atoms with Crippen molar-refractivity contribution >= 4 is 27.1 Å². The van der Waals surface area contributed by atoms with E-state index in [4.69, 9.17) is 5.73 Å². The van der Waals surface area contributed by atoms with Gasteiger partial charge in [0, 0.05) is 23.5 Å². The van der Waals surface area contributed by atoms with Gasteiger partial charge in [0.25, 0.3) is 15.7 Å². The van der Waals surface area contributed by atoms with E-state index in [1.165, 1.54) is 12.1 Å². The number of nitro groups is 1. The summed E-state index contributed by atoms with van der Waals surface area (Å²) in [5.74, 6) is 0. The van der Waals surface area contributed by atoms with Crippen LogP contribution in [0.5, 0.6) is 0 Å². The highest BCUT2D eigenvalue weighted by atomic mass is 32.2. The van der Waals surface area contributed by atoms with Gasteiger partial charge in [-0.3, -0.25) is 14.8 Å². The van der Waals surface area contributed by atoms with Crippen LogP contribution in [0.25, 0.3) is 0 Å². The lowest BCUT2D eigenvalue weighted by atomic mass is 10.2. The summed E-state index contributed by atoms with van der Waals surface area (Å²) in [7, 11) is -3.80. The Balaban J connectivity index is 2.29. The zero-order valence-corrected chi connectivity index (χ0v) is 11.9. The van der Waals surface area contributed by atoms with Gasteiger partial charge in [0.2, 0.25) is 0 Å². The summed E-state index contributed by atoms with van der Waals surface area (Å²) < 4.78 is 26.7. The molecule has 7 nitrogen and oxygen atoms in total. The first-order valence-corrected chi connectivity index (χ1v) is 7.41. The minimum atomic E-state index is -3.80. The molecule has 0 saturated heterocycles. The number of hydrogen-bond donors (Lipinski definition) is 2. The number of nitrogens with one attached hydrogen (secondary N) is 1. The van der Waals surface area contributed by atoms with Crippen molar-refractivity contribution in [2.45, 2.75) is 11.8 Å². The van der Waals surface area contributed by atoms with Gasteiger partial charge in [0.05, 0.1) is 9.82 Å². The molecule has 2 aromatic rings. The fourth-order valence-corrected chi connectivity index (χ4v) is 2.75. The Hall–Kier alpha value is -2.61. The van der Waals surface area contributed by atoms with E-state index in [9.17, 15) is 18.5 Å². The third kappa shape index (κ3) is 3.29. The summed E-state index contributed by atoms with van der Waals surface area (Å²) in [6.07, 6.45) is 0. The molecule has 0 aliphatic carbocycles. The molecule has 0 spiro atoms. The van der Waals surface area contributed by atoms with Gasteiger partial charge in [-0.15, -0.1) is 0 Å². The van der Waals surface area contributed by atoms with E-state index >= 15 is 0 Å². The Morgan fingerprint density at radius 3 is 2.29 bits per heavy atom. The minimum Gasteiger partial charge on any atom is -0.399 e. The van der Waals surface area contributed by atoms with E-state index < -0.39 is 14.9 Å². The maximum Gasteiger partial charge on any atom is 0.269 e. The van der Waals surface area contributed by atoms with Crippen molar-refractivity contribution in [3.8, 4) is 0 Å². The lowest BCUT2D eigenvalue weighted by Gasteiger charge is -2.09. The van der Waals surface area contributed by atoms with Gasteiger partial charge >= 0.3 is 0 Å². The van der Waals surface area contributed by atoms with E-state index in [0.717, 1.165) is 17.7 Å². The lowest BCUT2D eigenvalue weighted by Crippen LogP contribution is -2.13. The van der Waals surface area contributed by atoms with Crippen molar-refractivity contribution in [1.82, 2.24) is 0 Å². The molecule has 0 unspecified atom stereocenters. The highest BCUT2D eigenvalue weighted by Crippen LogP contribution is 2.21. The average molecular weight is 307 g/mol. The number of nitrogen functional groups attached to an aromatic ring is 1. The first-order chi connectivity index (χ1) is 9.79. The number of nitrogens with two attached hydrogens (primary N) is 1. The summed E-state index contributed by atoms with van der Waals surface area (Å²) in [5.41, 5.74) is 7.19. The molecule has 2 rings (SSSR count). The van der Waals surface area contributed by atoms with E-state index in [-0.39, 0.29) is 10.6 Å². The lowest BCUT2D eigenvalue weighted by molar-refractivity contribution is -0.384. The maximum absolute atomic E-state index is 12.2. The maximum atomic E-state index is 12.2. The number of non-ortho nitro benzene ring substituents is 1. The van der Waals surface area contributed by atoms with Crippen molar-refractivity contribution in [2.24, 2.45) is 0 Å². The normalized spacial score (nSPS) is 11.1. The van der Waals surface area contributed by atoms with E-state index in [0.29, 0.717) is 11.4 Å². The number of aryl methyl sites for hydroxylation is 1. The summed E-state index contributed by atoms with van der Waals surface area (Å²) in [4.78, 5) is 9.91. The number of benzene rings is 2. The summed E-state index contributed by atoms with van der Waals surface area (Å²) in [5, 5.41) is 10.6. The average Bonchev–Trinajstić information content (AvgIpc) is 2.43. The highest BCUT2D eigenvalue weighted by molar-refractivity contribution is 7.92. The molecule has 3 N–H and O–H groups in total. The van der Waals surface area contributed by atoms with E-state index in [2.05, 4.69) is 4.72 Å². The smallest absolute Gasteiger partial charge is 0.269 e. The molecule has 21 heavy (non-hydrogen) atoms. The fourth-order valence-electron chi connectivity index (χ4n) is 1.70. The third-order valence-corrected chi connectivity index (χ3v) is 4.28.